The molecule has 0 bridgehead atoms. The molecule has 0 spiro atoms. The molecule has 4 nitrogen and oxygen atoms in total. The summed E-state index contributed by atoms with van der Waals surface area (Å²) in [6.45, 7) is 6.13. The Kier molecular flexibility index (Phi) is 4.55. The third kappa shape index (κ3) is 4.08. The number of benzene rings is 1. The number of likely N-dealkylation sites (tertiary alicyclic amines) is 1. The van der Waals surface area contributed by atoms with Crippen LogP contribution in [0.5, 0.6) is 5.75 Å². The third-order valence-corrected chi connectivity index (χ3v) is 4.03. The molecule has 0 amide bonds. The molecule has 1 atom stereocenters. The van der Waals surface area contributed by atoms with Crippen LogP contribution in [-0.4, -0.2) is 34.8 Å². The van der Waals surface area contributed by atoms with Crippen LogP contribution < -0.4 is 4.74 Å². The molecule has 2 aromatic rings. The van der Waals surface area contributed by atoms with Gasteiger partial charge in [0.25, 0.3) is 0 Å². The van der Waals surface area contributed by atoms with Crippen LogP contribution in [0.2, 0.25) is 0 Å². The average molecular weight is 285 g/mol. The summed E-state index contributed by atoms with van der Waals surface area (Å²) < 4.78 is 5.96. The number of piperidine rings is 1. The summed E-state index contributed by atoms with van der Waals surface area (Å²) in [5.74, 6) is 1.60. The Morgan fingerprint density at radius 2 is 2.33 bits per heavy atom. The molecule has 1 N–H and O–H groups in total. The maximum absolute atomic E-state index is 5.96. The molecule has 0 aliphatic carbocycles. The average Bonchev–Trinajstić information content (AvgIpc) is 2.99. The van der Waals surface area contributed by atoms with Gasteiger partial charge in [-0.25, -0.2) is 0 Å². The van der Waals surface area contributed by atoms with Crippen LogP contribution in [0, 0.1) is 12.8 Å². The Bertz CT molecular complexity index is 553. The number of hydrogen-bond acceptors (Lipinski definition) is 3. The van der Waals surface area contributed by atoms with Crippen molar-refractivity contribution in [2.45, 2.75) is 26.3 Å². The van der Waals surface area contributed by atoms with Crippen LogP contribution in [-0.2, 0) is 6.54 Å². The summed E-state index contributed by atoms with van der Waals surface area (Å²) in [6.07, 6.45) is 4.32. The highest BCUT2D eigenvalue weighted by atomic mass is 16.5. The Balaban J connectivity index is 1.49. The van der Waals surface area contributed by atoms with Gasteiger partial charge in [-0.15, -0.1) is 0 Å². The van der Waals surface area contributed by atoms with E-state index in [0.717, 1.165) is 25.4 Å². The number of aromatic nitrogens is 2. The van der Waals surface area contributed by atoms with E-state index < -0.39 is 0 Å². The first-order valence-corrected chi connectivity index (χ1v) is 7.69. The predicted octanol–water partition coefficient (Wildman–Crippen LogP) is 3.01. The molecule has 1 aromatic carbocycles. The molecule has 2 heterocycles. The van der Waals surface area contributed by atoms with Crippen LogP contribution in [0.15, 0.2) is 36.5 Å². The lowest BCUT2D eigenvalue weighted by molar-refractivity contribution is 0.124. The standard InChI is InChI=1S/C17H23N3O/c1-14-4-2-6-17(10-14)21-13-15-5-3-9-20(11-15)12-16-7-8-18-19-16/h2,4,6-8,10,15H,3,5,9,11-13H2,1H3,(H,18,19). The van der Waals surface area contributed by atoms with Crippen molar-refractivity contribution in [3.63, 3.8) is 0 Å². The number of nitrogens with zero attached hydrogens (tertiary/aromatic N) is 2. The van der Waals surface area contributed by atoms with E-state index >= 15 is 0 Å². The Morgan fingerprint density at radius 3 is 3.14 bits per heavy atom. The van der Waals surface area contributed by atoms with Gasteiger partial charge in [-0.3, -0.25) is 10.00 Å². The quantitative estimate of drug-likeness (QED) is 0.918. The van der Waals surface area contributed by atoms with Crippen molar-refractivity contribution < 1.29 is 4.74 Å². The van der Waals surface area contributed by atoms with Gasteiger partial charge in [0, 0.05) is 30.9 Å². The molecule has 112 valence electrons. The fourth-order valence-corrected chi connectivity index (χ4v) is 2.96. The molecule has 1 aliphatic heterocycles. The molecule has 1 fully saturated rings. The topological polar surface area (TPSA) is 41.1 Å². The minimum Gasteiger partial charge on any atom is -0.493 e. The fraction of sp³-hybridized carbons (Fsp3) is 0.471. The van der Waals surface area contributed by atoms with E-state index in [4.69, 9.17) is 4.74 Å². The lowest BCUT2D eigenvalue weighted by atomic mass is 9.99. The lowest BCUT2D eigenvalue weighted by Gasteiger charge is -2.32. The molecule has 0 saturated carbocycles. The molecule has 1 aliphatic rings. The molecule has 3 rings (SSSR count). The van der Waals surface area contributed by atoms with Gasteiger partial charge < -0.3 is 4.74 Å². The van der Waals surface area contributed by atoms with Gasteiger partial charge in [-0.1, -0.05) is 12.1 Å². The highest BCUT2D eigenvalue weighted by Crippen LogP contribution is 2.20. The van der Waals surface area contributed by atoms with Gasteiger partial charge >= 0.3 is 0 Å². The highest BCUT2D eigenvalue weighted by Gasteiger charge is 2.20. The fourth-order valence-electron chi connectivity index (χ4n) is 2.96. The van der Waals surface area contributed by atoms with E-state index in [-0.39, 0.29) is 0 Å². The minimum atomic E-state index is 0.613. The van der Waals surface area contributed by atoms with Crippen molar-refractivity contribution >= 4 is 0 Å². The van der Waals surface area contributed by atoms with Crippen LogP contribution in [0.4, 0.5) is 0 Å². The van der Waals surface area contributed by atoms with Gasteiger partial charge in [0.05, 0.1) is 6.61 Å². The van der Waals surface area contributed by atoms with E-state index in [1.54, 1.807) is 0 Å². The van der Waals surface area contributed by atoms with Gasteiger partial charge in [0.1, 0.15) is 5.75 Å². The summed E-state index contributed by atoms with van der Waals surface area (Å²) in [7, 11) is 0. The first kappa shape index (κ1) is 14.1. The van der Waals surface area contributed by atoms with Crippen molar-refractivity contribution in [3.05, 3.63) is 47.8 Å². The Morgan fingerprint density at radius 1 is 1.38 bits per heavy atom. The normalized spacial score (nSPS) is 19.6. The van der Waals surface area contributed by atoms with Gasteiger partial charge in [0.2, 0.25) is 0 Å². The first-order valence-electron chi connectivity index (χ1n) is 7.69. The van der Waals surface area contributed by atoms with Crippen molar-refractivity contribution in [3.8, 4) is 5.75 Å². The second-order valence-electron chi connectivity index (χ2n) is 5.95. The zero-order chi connectivity index (χ0) is 14.5. The number of rotatable bonds is 5. The van der Waals surface area contributed by atoms with Crippen molar-refractivity contribution in [1.29, 1.82) is 0 Å². The van der Waals surface area contributed by atoms with E-state index in [0.29, 0.717) is 5.92 Å². The summed E-state index contributed by atoms with van der Waals surface area (Å²) in [4.78, 5) is 2.49. The summed E-state index contributed by atoms with van der Waals surface area (Å²) in [6, 6.07) is 10.3. The zero-order valence-electron chi connectivity index (χ0n) is 12.6. The number of H-pyrrole nitrogens is 1. The van der Waals surface area contributed by atoms with Gasteiger partial charge in [-0.05, 0) is 50.1 Å². The zero-order valence-corrected chi connectivity index (χ0v) is 12.6. The van der Waals surface area contributed by atoms with E-state index in [9.17, 15) is 0 Å². The monoisotopic (exact) mass is 285 g/mol. The minimum absolute atomic E-state index is 0.613. The number of aromatic amines is 1. The van der Waals surface area contributed by atoms with Crippen LogP contribution in [0.1, 0.15) is 24.1 Å². The SMILES string of the molecule is Cc1cccc(OCC2CCCN(Cc3ccn[nH]3)C2)c1. The van der Waals surface area contributed by atoms with Crippen LogP contribution in [0.25, 0.3) is 0 Å². The van der Waals surface area contributed by atoms with Crippen molar-refractivity contribution in [2.24, 2.45) is 5.92 Å². The van der Waals surface area contributed by atoms with Gasteiger partial charge in [0.15, 0.2) is 0 Å². The molecule has 1 aromatic heterocycles. The number of hydrogen-bond donors (Lipinski definition) is 1. The molecule has 1 unspecified atom stereocenters. The van der Waals surface area contributed by atoms with Crippen molar-refractivity contribution in [2.75, 3.05) is 19.7 Å². The van der Waals surface area contributed by atoms with E-state index in [1.165, 1.54) is 30.6 Å². The summed E-state index contributed by atoms with van der Waals surface area (Å²) in [5.41, 5.74) is 2.44. The second-order valence-corrected chi connectivity index (χ2v) is 5.95. The third-order valence-electron chi connectivity index (χ3n) is 4.03. The van der Waals surface area contributed by atoms with Crippen LogP contribution >= 0.6 is 0 Å². The molecule has 0 radical (unpaired) electrons. The number of nitrogens with one attached hydrogen (secondary N) is 1. The Hall–Kier alpha value is -1.81. The summed E-state index contributed by atoms with van der Waals surface area (Å²) >= 11 is 0. The van der Waals surface area contributed by atoms with Crippen molar-refractivity contribution in [1.82, 2.24) is 15.1 Å². The second kappa shape index (κ2) is 6.76. The largest absolute Gasteiger partial charge is 0.493 e. The molecular weight excluding hydrogens is 262 g/mol. The van der Waals surface area contributed by atoms with E-state index in [1.807, 2.05) is 18.3 Å². The molecule has 4 heteroatoms. The maximum Gasteiger partial charge on any atom is 0.119 e. The maximum atomic E-state index is 5.96. The highest BCUT2D eigenvalue weighted by molar-refractivity contribution is 5.27. The predicted molar refractivity (Wildman–Crippen MR) is 83.3 cm³/mol. The Labute approximate surface area is 126 Å². The first-order chi connectivity index (χ1) is 10.3. The molecular formula is C17H23N3O. The lowest BCUT2D eigenvalue weighted by Crippen LogP contribution is -2.37. The number of ether oxygens (including phenoxy) is 1. The smallest absolute Gasteiger partial charge is 0.119 e. The van der Waals surface area contributed by atoms with E-state index in [2.05, 4.69) is 40.2 Å². The van der Waals surface area contributed by atoms with Crippen LogP contribution in [0.3, 0.4) is 0 Å². The van der Waals surface area contributed by atoms with Gasteiger partial charge in [-0.2, -0.15) is 5.10 Å². The summed E-state index contributed by atoms with van der Waals surface area (Å²) in [5, 5.41) is 7.06. The number of aryl methyl sites for hydroxylation is 1. The molecule has 21 heavy (non-hydrogen) atoms. The molecule has 1 saturated heterocycles.